The number of hydrogen-bond acceptors (Lipinski definition) is 2. The highest BCUT2D eigenvalue weighted by atomic mass is 16.5. The number of carbonyl (C=O) groups is 1. The molecule has 0 aromatic carbocycles. The minimum atomic E-state index is -0.182. The molecule has 2 nitrogen and oxygen atoms in total. The Morgan fingerprint density at radius 1 is 1.42 bits per heavy atom. The van der Waals surface area contributed by atoms with Crippen LogP contribution >= 0.6 is 0 Å². The number of allylic oxidation sites excluding steroid dienone is 5. The van der Waals surface area contributed by atoms with Gasteiger partial charge in [0.25, 0.3) is 0 Å². The molecule has 0 bridgehead atoms. The summed E-state index contributed by atoms with van der Waals surface area (Å²) >= 11 is 0. The highest BCUT2D eigenvalue weighted by Crippen LogP contribution is 2.42. The predicted octanol–water partition coefficient (Wildman–Crippen LogP) is 4.19. The van der Waals surface area contributed by atoms with E-state index in [0.717, 1.165) is 19.3 Å². The fraction of sp³-hybridized carbons (Fsp3) is 0.588. The zero-order chi connectivity index (χ0) is 13.8. The van der Waals surface area contributed by atoms with Crippen molar-refractivity contribution in [3.63, 3.8) is 0 Å². The minimum Gasteiger partial charge on any atom is -0.458 e. The van der Waals surface area contributed by atoms with Crippen molar-refractivity contribution in [1.82, 2.24) is 0 Å². The third-order valence-corrected chi connectivity index (χ3v) is 4.09. The molecule has 19 heavy (non-hydrogen) atoms. The molecular weight excluding hydrogens is 236 g/mol. The maximum atomic E-state index is 11.0. The fourth-order valence-corrected chi connectivity index (χ4v) is 3.14. The first-order valence-corrected chi connectivity index (χ1v) is 7.34. The Morgan fingerprint density at radius 2 is 2.21 bits per heavy atom. The van der Waals surface area contributed by atoms with E-state index in [1.165, 1.54) is 24.5 Å². The van der Waals surface area contributed by atoms with Crippen molar-refractivity contribution in [3.8, 4) is 0 Å². The van der Waals surface area contributed by atoms with Crippen LogP contribution in [-0.2, 0) is 9.53 Å². The molecular formula is C17H24O2. The van der Waals surface area contributed by atoms with E-state index in [1.807, 2.05) is 0 Å². The van der Waals surface area contributed by atoms with Gasteiger partial charge in [-0.2, -0.15) is 0 Å². The number of carbonyl (C=O) groups excluding carboxylic acids is 1. The Bertz CT molecular complexity index is 429. The van der Waals surface area contributed by atoms with E-state index in [2.05, 4.69) is 38.2 Å². The first kappa shape index (κ1) is 14.1. The largest absolute Gasteiger partial charge is 0.458 e. The van der Waals surface area contributed by atoms with Gasteiger partial charge in [-0.3, -0.25) is 4.79 Å². The van der Waals surface area contributed by atoms with Gasteiger partial charge in [-0.1, -0.05) is 37.1 Å². The Balaban J connectivity index is 2.03. The molecule has 0 saturated carbocycles. The van der Waals surface area contributed by atoms with Gasteiger partial charge < -0.3 is 4.74 Å². The summed E-state index contributed by atoms with van der Waals surface area (Å²) in [7, 11) is 0. The first-order valence-electron chi connectivity index (χ1n) is 7.34. The number of ether oxygens (including phenoxy) is 1. The SMILES string of the molecule is CCC/C=C(\C)C1=CC[C@@H]2C[C@@H](OC(C)=O)C=C[C@H]12. The molecule has 0 aliphatic heterocycles. The van der Waals surface area contributed by atoms with E-state index < -0.39 is 0 Å². The van der Waals surface area contributed by atoms with E-state index in [4.69, 9.17) is 4.74 Å². The van der Waals surface area contributed by atoms with Gasteiger partial charge in [0, 0.05) is 12.8 Å². The Morgan fingerprint density at radius 3 is 2.89 bits per heavy atom. The van der Waals surface area contributed by atoms with Gasteiger partial charge in [0.1, 0.15) is 6.10 Å². The van der Waals surface area contributed by atoms with Crippen molar-refractivity contribution in [2.45, 2.75) is 52.6 Å². The van der Waals surface area contributed by atoms with Crippen LogP contribution in [0.1, 0.15) is 46.5 Å². The van der Waals surface area contributed by atoms with Crippen LogP contribution in [0.15, 0.2) is 35.5 Å². The number of esters is 1. The van der Waals surface area contributed by atoms with Gasteiger partial charge in [-0.05, 0) is 43.8 Å². The van der Waals surface area contributed by atoms with Crippen LogP contribution in [0, 0.1) is 11.8 Å². The minimum absolute atomic E-state index is 0.0218. The zero-order valence-electron chi connectivity index (χ0n) is 12.2. The van der Waals surface area contributed by atoms with E-state index >= 15 is 0 Å². The van der Waals surface area contributed by atoms with E-state index in [0.29, 0.717) is 11.8 Å². The highest BCUT2D eigenvalue weighted by molar-refractivity contribution is 5.66. The second-order valence-corrected chi connectivity index (χ2v) is 5.63. The van der Waals surface area contributed by atoms with Crippen molar-refractivity contribution in [2.75, 3.05) is 0 Å². The molecule has 2 heteroatoms. The number of hydrogen-bond donors (Lipinski definition) is 0. The zero-order valence-corrected chi connectivity index (χ0v) is 12.2. The molecule has 3 atom stereocenters. The molecule has 0 aromatic rings. The van der Waals surface area contributed by atoms with Crippen molar-refractivity contribution in [1.29, 1.82) is 0 Å². The summed E-state index contributed by atoms with van der Waals surface area (Å²) in [4.78, 5) is 11.0. The molecule has 104 valence electrons. The molecule has 0 fully saturated rings. The van der Waals surface area contributed by atoms with Crippen LogP contribution < -0.4 is 0 Å². The molecule has 0 N–H and O–H groups in total. The summed E-state index contributed by atoms with van der Waals surface area (Å²) in [5, 5.41) is 0. The second kappa shape index (κ2) is 6.23. The van der Waals surface area contributed by atoms with Crippen molar-refractivity contribution < 1.29 is 9.53 Å². The summed E-state index contributed by atoms with van der Waals surface area (Å²) in [6.45, 7) is 5.91. The van der Waals surface area contributed by atoms with Crippen LogP contribution in [-0.4, -0.2) is 12.1 Å². The Kier molecular flexibility index (Phi) is 4.62. The van der Waals surface area contributed by atoms with Gasteiger partial charge in [-0.15, -0.1) is 0 Å². The lowest BCUT2D eigenvalue weighted by Gasteiger charge is -2.28. The summed E-state index contributed by atoms with van der Waals surface area (Å²) in [5.41, 5.74) is 2.90. The first-order chi connectivity index (χ1) is 9.11. The lowest BCUT2D eigenvalue weighted by molar-refractivity contribution is -0.145. The standard InChI is InChI=1S/C17H24O2/c1-4-5-6-12(2)16-9-7-14-11-15(19-13(3)18)8-10-17(14)16/h6,8-10,14-15,17H,4-5,7,11H2,1-3H3/b12-6+/t14-,15+,17+/m1/s1. The third-order valence-electron chi connectivity index (χ3n) is 4.09. The highest BCUT2D eigenvalue weighted by Gasteiger charge is 2.33. The fourth-order valence-electron chi connectivity index (χ4n) is 3.14. The van der Waals surface area contributed by atoms with E-state index in [1.54, 1.807) is 0 Å². The third kappa shape index (κ3) is 3.37. The lowest BCUT2D eigenvalue weighted by atomic mass is 9.80. The molecule has 0 spiro atoms. The topological polar surface area (TPSA) is 26.3 Å². The molecule has 2 aliphatic rings. The molecule has 0 unspecified atom stereocenters. The quantitative estimate of drug-likeness (QED) is 0.559. The molecule has 0 heterocycles. The average molecular weight is 260 g/mol. The summed E-state index contributed by atoms with van der Waals surface area (Å²) in [5.74, 6) is 0.951. The molecule has 2 aliphatic carbocycles. The van der Waals surface area contributed by atoms with Gasteiger partial charge in [0.2, 0.25) is 0 Å². The lowest BCUT2D eigenvalue weighted by Crippen LogP contribution is -2.25. The van der Waals surface area contributed by atoms with Gasteiger partial charge in [-0.25, -0.2) is 0 Å². The van der Waals surface area contributed by atoms with Gasteiger partial charge in [0.15, 0.2) is 0 Å². The summed E-state index contributed by atoms with van der Waals surface area (Å²) in [6.07, 6.45) is 13.4. The monoisotopic (exact) mass is 260 g/mol. The number of fused-ring (bicyclic) bond motifs is 1. The molecule has 0 radical (unpaired) electrons. The van der Waals surface area contributed by atoms with Crippen LogP contribution in [0.4, 0.5) is 0 Å². The normalized spacial score (nSPS) is 29.9. The predicted molar refractivity (Wildman–Crippen MR) is 77.7 cm³/mol. The Labute approximate surface area is 116 Å². The second-order valence-electron chi connectivity index (χ2n) is 5.63. The average Bonchev–Trinajstić information content (AvgIpc) is 2.78. The maximum absolute atomic E-state index is 11.0. The smallest absolute Gasteiger partial charge is 0.303 e. The van der Waals surface area contributed by atoms with E-state index in [-0.39, 0.29) is 12.1 Å². The summed E-state index contributed by atoms with van der Waals surface area (Å²) < 4.78 is 5.30. The number of unbranched alkanes of at least 4 members (excludes halogenated alkanes) is 1. The van der Waals surface area contributed by atoms with Gasteiger partial charge >= 0.3 is 5.97 Å². The molecule has 0 saturated heterocycles. The molecule has 0 amide bonds. The van der Waals surface area contributed by atoms with Crippen LogP contribution in [0.2, 0.25) is 0 Å². The Hall–Kier alpha value is -1.31. The van der Waals surface area contributed by atoms with Crippen LogP contribution in [0.3, 0.4) is 0 Å². The number of rotatable bonds is 4. The van der Waals surface area contributed by atoms with Crippen LogP contribution in [0.25, 0.3) is 0 Å². The molecule has 2 rings (SSSR count). The van der Waals surface area contributed by atoms with Gasteiger partial charge in [0.05, 0.1) is 0 Å². The van der Waals surface area contributed by atoms with E-state index in [9.17, 15) is 4.79 Å². The van der Waals surface area contributed by atoms with Crippen LogP contribution in [0.5, 0.6) is 0 Å². The maximum Gasteiger partial charge on any atom is 0.303 e. The molecule has 0 aromatic heterocycles. The van der Waals surface area contributed by atoms with Crippen molar-refractivity contribution >= 4 is 5.97 Å². The van der Waals surface area contributed by atoms with Crippen molar-refractivity contribution in [2.24, 2.45) is 11.8 Å². The van der Waals surface area contributed by atoms with Crippen molar-refractivity contribution in [3.05, 3.63) is 35.5 Å². The summed E-state index contributed by atoms with van der Waals surface area (Å²) in [6, 6.07) is 0.